The van der Waals surface area contributed by atoms with Crippen molar-refractivity contribution in [3.63, 3.8) is 0 Å². The number of rotatable bonds is 7. The second kappa shape index (κ2) is 9.83. The molecule has 0 radical (unpaired) electrons. The Morgan fingerprint density at radius 3 is 2.81 bits per heavy atom. The van der Waals surface area contributed by atoms with Crippen LogP contribution in [0.5, 0.6) is 11.5 Å². The Morgan fingerprint density at radius 2 is 2.11 bits per heavy atom. The van der Waals surface area contributed by atoms with Crippen LogP contribution in [0.4, 0.5) is 0 Å². The molecule has 1 aliphatic carbocycles. The fourth-order valence-electron chi connectivity index (χ4n) is 4.19. The summed E-state index contributed by atoms with van der Waals surface area (Å²) in [5, 5.41) is 17.0. The molecule has 1 atom stereocenters. The fraction of sp³-hybridized carbons (Fsp3) is 0.667. The molecule has 27 heavy (non-hydrogen) atoms. The van der Waals surface area contributed by atoms with Crippen molar-refractivity contribution >= 4 is 5.96 Å². The van der Waals surface area contributed by atoms with Crippen molar-refractivity contribution in [2.45, 2.75) is 57.5 Å². The molecule has 6 heteroatoms. The third kappa shape index (κ3) is 5.51. The number of aliphatic imine (C=N–C) groups is 1. The van der Waals surface area contributed by atoms with Crippen LogP contribution in [0.2, 0.25) is 0 Å². The molecule has 2 fully saturated rings. The monoisotopic (exact) mass is 374 g/mol. The van der Waals surface area contributed by atoms with Gasteiger partial charge in [-0.3, -0.25) is 9.89 Å². The predicted molar refractivity (Wildman–Crippen MR) is 110 cm³/mol. The molecule has 1 aliphatic heterocycles. The highest BCUT2D eigenvalue weighted by Gasteiger charge is 2.30. The molecular weight excluding hydrogens is 340 g/mol. The molecule has 1 saturated heterocycles. The average Bonchev–Trinajstić information content (AvgIpc) is 3.34. The lowest BCUT2D eigenvalue weighted by atomic mass is 10.1. The lowest BCUT2D eigenvalue weighted by molar-refractivity contribution is 0.242. The van der Waals surface area contributed by atoms with Gasteiger partial charge in [0.05, 0.1) is 7.11 Å². The highest BCUT2D eigenvalue weighted by atomic mass is 16.5. The molecule has 3 N–H and O–H groups in total. The molecule has 150 valence electrons. The molecular formula is C21H34N4O2. The van der Waals surface area contributed by atoms with E-state index >= 15 is 0 Å². The highest BCUT2D eigenvalue weighted by Crippen LogP contribution is 2.26. The molecule has 0 aromatic heterocycles. The second-order valence-corrected chi connectivity index (χ2v) is 7.57. The van der Waals surface area contributed by atoms with E-state index in [0.29, 0.717) is 24.8 Å². The quantitative estimate of drug-likeness (QED) is 0.505. The van der Waals surface area contributed by atoms with Gasteiger partial charge in [-0.2, -0.15) is 0 Å². The summed E-state index contributed by atoms with van der Waals surface area (Å²) in [6.07, 6.45) is 7.40. The van der Waals surface area contributed by atoms with Crippen LogP contribution in [0.15, 0.2) is 23.2 Å². The molecule has 1 aromatic carbocycles. The lowest BCUT2D eigenvalue weighted by Gasteiger charge is -2.24. The standard InChI is InChI=1S/C21H34N4O2/c1-3-22-21(23-12-10-16-8-9-19(27-2)14-20(16)26)24-17-11-13-25(15-17)18-6-4-5-7-18/h8-9,14,17-18,26H,3-7,10-13,15H2,1-2H3,(H2,22,23,24). The summed E-state index contributed by atoms with van der Waals surface area (Å²) in [7, 11) is 1.60. The van der Waals surface area contributed by atoms with Crippen molar-refractivity contribution in [2.75, 3.05) is 33.3 Å². The molecule has 0 bridgehead atoms. The van der Waals surface area contributed by atoms with E-state index in [-0.39, 0.29) is 5.75 Å². The minimum Gasteiger partial charge on any atom is -0.508 e. The predicted octanol–water partition coefficient (Wildman–Crippen LogP) is 2.52. The number of ether oxygens (including phenoxy) is 1. The summed E-state index contributed by atoms with van der Waals surface area (Å²) < 4.78 is 5.13. The van der Waals surface area contributed by atoms with Gasteiger partial charge in [-0.05, 0) is 44.2 Å². The van der Waals surface area contributed by atoms with Crippen molar-refractivity contribution in [2.24, 2.45) is 4.99 Å². The maximum atomic E-state index is 10.1. The van der Waals surface area contributed by atoms with E-state index < -0.39 is 0 Å². The van der Waals surface area contributed by atoms with Gasteiger partial charge >= 0.3 is 0 Å². The number of phenolic OH excluding ortho intramolecular Hbond substituents is 1. The summed E-state index contributed by atoms with van der Waals surface area (Å²) in [5.74, 6) is 1.82. The van der Waals surface area contributed by atoms with Gasteiger partial charge in [-0.25, -0.2) is 0 Å². The molecule has 1 saturated carbocycles. The second-order valence-electron chi connectivity index (χ2n) is 7.57. The summed E-state index contributed by atoms with van der Waals surface area (Å²) in [4.78, 5) is 7.37. The largest absolute Gasteiger partial charge is 0.508 e. The number of methoxy groups -OCH3 is 1. The van der Waals surface area contributed by atoms with Crippen molar-refractivity contribution in [1.82, 2.24) is 15.5 Å². The molecule has 0 spiro atoms. The fourth-order valence-corrected chi connectivity index (χ4v) is 4.19. The van der Waals surface area contributed by atoms with Crippen molar-refractivity contribution in [1.29, 1.82) is 0 Å². The van der Waals surface area contributed by atoms with Crippen LogP contribution in [0.25, 0.3) is 0 Å². The normalized spacial score (nSPS) is 21.6. The molecule has 1 unspecified atom stereocenters. The van der Waals surface area contributed by atoms with Gasteiger partial charge in [0.15, 0.2) is 5.96 Å². The number of hydrogen-bond donors (Lipinski definition) is 3. The van der Waals surface area contributed by atoms with Crippen LogP contribution >= 0.6 is 0 Å². The lowest BCUT2D eigenvalue weighted by Crippen LogP contribution is -2.45. The first kappa shape index (κ1) is 19.8. The molecule has 2 aliphatic rings. The van der Waals surface area contributed by atoms with Gasteiger partial charge in [-0.1, -0.05) is 18.9 Å². The van der Waals surface area contributed by atoms with Crippen molar-refractivity contribution in [3.05, 3.63) is 23.8 Å². The molecule has 3 rings (SSSR count). The number of benzene rings is 1. The smallest absolute Gasteiger partial charge is 0.191 e. The van der Waals surface area contributed by atoms with Crippen LogP contribution in [0, 0.1) is 0 Å². The summed E-state index contributed by atoms with van der Waals surface area (Å²) >= 11 is 0. The van der Waals surface area contributed by atoms with Crippen LogP contribution < -0.4 is 15.4 Å². The van der Waals surface area contributed by atoms with E-state index in [0.717, 1.165) is 30.7 Å². The average molecular weight is 375 g/mol. The molecule has 6 nitrogen and oxygen atoms in total. The Hall–Kier alpha value is -1.95. The Bertz CT molecular complexity index is 629. The Morgan fingerprint density at radius 1 is 1.30 bits per heavy atom. The Balaban J connectivity index is 1.50. The minimum atomic E-state index is 0.269. The van der Waals surface area contributed by atoms with Crippen LogP contribution in [0.3, 0.4) is 0 Å². The first-order valence-electron chi connectivity index (χ1n) is 10.3. The van der Waals surface area contributed by atoms with Crippen LogP contribution in [-0.4, -0.2) is 61.3 Å². The maximum absolute atomic E-state index is 10.1. The Labute approximate surface area is 163 Å². The molecule has 0 amide bonds. The van der Waals surface area contributed by atoms with E-state index in [1.165, 1.54) is 38.6 Å². The summed E-state index contributed by atoms with van der Waals surface area (Å²) in [6.45, 7) is 5.88. The first-order chi connectivity index (χ1) is 13.2. The van der Waals surface area contributed by atoms with Crippen LogP contribution in [-0.2, 0) is 6.42 Å². The van der Waals surface area contributed by atoms with Crippen molar-refractivity contribution < 1.29 is 9.84 Å². The zero-order valence-electron chi connectivity index (χ0n) is 16.7. The zero-order valence-corrected chi connectivity index (χ0v) is 16.7. The van der Waals surface area contributed by atoms with Gasteiger partial charge in [0.2, 0.25) is 0 Å². The van der Waals surface area contributed by atoms with Crippen LogP contribution in [0.1, 0.15) is 44.6 Å². The number of likely N-dealkylation sites (tertiary alicyclic amines) is 1. The van der Waals surface area contributed by atoms with Gasteiger partial charge in [0.1, 0.15) is 11.5 Å². The van der Waals surface area contributed by atoms with E-state index in [2.05, 4.69) is 22.5 Å². The topological polar surface area (TPSA) is 69.1 Å². The van der Waals surface area contributed by atoms with E-state index in [4.69, 9.17) is 9.73 Å². The zero-order chi connectivity index (χ0) is 19.1. The Kier molecular flexibility index (Phi) is 7.21. The third-order valence-corrected chi connectivity index (χ3v) is 5.69. The number of nitrogens with one attached hydrogen (secondary N) is 2. The highest BCUT2D eigenvalue weighted by molar-refractivity contribution is 5.80. The van der Waals surface area contributed by atoms with Gasteiger partial charge in [-0.15, -0.1) is 0 Å². The maximum Gasteiger partial charge on any atom is 0.191 e. The summed E-state index contributed by atoms with van der Waals surface area (Å²) in [6, 6.07) is 6.70. The number of aromatic hydroxyl groups is 1. The third-order valence-electron chi connectivity index (χ3n) is 5.69. The SMILES string of the molecule is CCNC(=NCCc1ccc(OC)cc1O)NC1CCN(C2CCCC2)C1. The van der Waals surface area contributed by atoms with Gasteiger partial charge < -0.3 is 20.5 Å². The van der Waals surface area contributed by atoms with E-state index in [1.807, 2.05) is 12.1 Å². The van der Waals surface area contributed by atoms with Gasteiger partial charge in [0, 0.05) is 44.3 Å². The molecule has 1 aromatic rings. The minimum absolute atomic E-state index is 0.269. The van der Waals surface area contributed by atoms with E-state index in [9.17, 15) is 5.11 Å². The van der Waals surface area contributed by atoms with E-state index in [1.54, 1.807) is 13.2 Å². The molecule has 1 heterocycles. The van der Waals surface area contributed by atoms with Crippen molar-refractivity contribution in [3.8, 4) is 11.5 Å². The first-order valence-corrected chi connectivity index (χ1v) is 10.3. The van der Waals surface area contributed by atoms with Gasteiger partial charge in [0.25, 0.3) is 0 Å². The number of hydrogen-bond acceptors (Lipinski definition) is 4. The number of guanidine groups is 1. The number of phenols is 1. The number of nitrogens with zero attached hydrogens (tertiary/aromatic N) is 2. The summed E-state index contributed by atoms with van der Waals surface area (Å²) in [5.41, 5.74) is 0.892.